The van der Waals surface area contributed by atoms with Crippen LogP contribution in [0.5, 0.6) is 11.5 Å². The van der Waals surface area contributed by atoms with E-state index in [9.17, 15) is 17.3 Å². The molecule has 5 rings (SSSR count). The van der Waals surface area contributed by atoms with Crippen LogP contribution in [0.3, 0.4) is 0 Å². The molecule has 1 aromatic carbocycles. The molecule has 3 saturated carbocycles. The molecule has 4 nitrogen and oxygen atoms in total. The quantitative estimate of drug-likeness (QED) is 0.201. The van der Waals surface area contributed by atoms with E-state index in [1.54, 1.807) is 28.4 Å². The van der Waals surface area contributed by atoms with Crippen molar-refractivity contribution in [2.24, 2.45) is 11.8 Å². The Morgan fingerprint density at radius 2 is 1.40 bits per heavy atom. The number of halogens is 4. The smallest absolute Gasteiger partial charge is 0.496 e. The molecule has 1 unspecified atom stereocenters. The van der Waals surface area contributed by atoms with Crippen molar-refractivity contribution in [1.29, 1.82) is 0 Å². The number of hydrogen-bond acceptors (Lipinski definition) is 3. The topological polar surface area (TPSA) is 39.0 Å². The molecule has 35 heavy (non-hydrogen) atoms. The second-order valence-electron chi connectivity index (χ2n) is 9.17. The molecule has 192 valence electrons. The average molecular weight is 496 g/mol. The van der Waals surface area contributed by atoms with Crippen molar-refractivity contribution < 1.29 is 35.9 Å². The Morgan fingerprint density at radius 1 is 0.857 bits per heavy atom. The summed E-state index contributed by atoms with van der Waals surface area (Å²) in [5.74, 6) is 4.91. The number of benzene rings is 1. The van der Waals surface area contributed by atoms with Crippen molar-refractivity contribution in [3.63, 3.8) is 0 Å². The zero-order valence-corrected chi connectivity index (χ0v) is 21.1. The summed E-state index contributed by atoms with van der Waals surface area (Å²) in [6.07, 6.45) is 9.13. The van der Waals surface area contributed by atoms with Gasteiger partial charge in [0.2, 0.25) is 0 Å². The highest BCUT2D eigenvalue weighted by Gasteiger charge is 2.47. The highest BCUT2D eigenvalue weighted by molar-refractivity contribution is 6.50. The van der Waals surface area contributed by atoms with Gasteiger partial charge >= 0.3 is 13.0 Å². The number of rotatable bonds is 4. The molecule has 3 fully saturated rings. The maximum Gasteiger partial charge on any atom is 0.673 e. The Labute approximate surface area is 204 Å². The first-order valence-corrected chi connectivity index (χ1v) is 11.7. The van der Waals surface area contributed by atoms with Gasteiger partial charge < -0.3 is 31.5 Å². The second kappa shape index (κ2) is 10.9. The Kier molecular flexibility index (Phi) is 8.39. The number of carbonyl (C=O) groups excluding carboxylic acids is 1. The van der Waals surface area contributed by atoms with Crippen LogP contribution >= 0.6 is 0 Å². The van der Waals surface area contributed by atoms with Gasteiger partial charge in [0.05, 0.1) is 21.3 Å². The zero-order chi connectivity index (χ0) is 25.9. The van der Waals surface area contributed by atoms with E-state index in [2.05, 4.69) is 38.1 Å². The minimum absolute atomic E-state index is 0.230. The fourth-order valence-corrected chi connectivity index (χ4v) is 5.73. The molecule has 9 heteroatoms. The number of methoxy groups -OCH3 is 3. The summed E-state index contributed by atoms with van der Waals surface area (Å²) < 4.78 is 62.5. The van der Waals surface area contributed by atoms with Crippen LogP contribution in [0.2, 0.25) is 0 Å². The molecule has 1 atom stereocenters. The van der Waals surface area contributed by atoms with Crippen molar-refractivity contribution in [3.05, 3.63) is 57.9 Å². The fraction of sp³-hybridized carbons (Fsp3) is 0.500. The summed E-state index contributed by atoms with van der Waals surface area (Å²) in [5.41, 5.74) is 5.98. The van der Waals surface area contributed by atoms with Gasteiger partial charge in [0.1, 0.15) is 22.8 Å². The lowest BCUT2D eigenvalue weighted by Crippen LogP contribution is -2.35. The van der Waals surface area contributed by atoms with Crippen molar-refractivity contribution in [1.82, 2.24) is 0 Å². The third-order valence-corrected chi connectivity index (χ3v) is 6.96. The van der Waals surface area contributed by atoms with E-state index < -0.39 is 7.25 Å². The minimum Gasteiger partial charge on any atom is -0.496 e. The molecule has 0 saturated heterocycles. The molecule has 2 bridgehead atoms. The van der Waals surface area contributed by atoms with E-state index in [-0.39, 0.29) is 5.92 Å². The standard InChI is InChI=1S/C26H33O4.BF4/c1-15-11-19(27-3)25(20(12-15)28-4)23-17-7-9-18(10-8-17)24(23)26-21(29-5)13-16(2)14-22(26)30-6;2-1(3,4)5/h11-14,17-18,23H,7-10H2,1-6H3;/q+1;-1. The maximum absolute atomic E-state index is 9.75. The molecule has 0 radical (unpaired) electrons. The molecule has 4 aliphatic rings. The van der Waals surface area contributed by atoms with Crippen molar-refractivity contribution in [2.45, 2.75) is 45.4 Å². The summed E-state index contributed by atoms with van der Waals surface area (Å²) in [6.45, 7) is 4.16. The molecule has 0 aromatic heterocycles. The van der Waals surface area contributed by atoms with E-state index in [0.29, 0.717) is 11.8 Å². The number of fused-ring (bicyclic) bond motifs is 3. The van der Waals surface area contributed by atoms with Crippen LogP contribution in [0.1, 0.15) is 49.7 Å². The van der Waals surface area contributed by atoms with E-state index in [1.807, 2.05) is 0 Å². The molecule has 0 amide bonds. The van der Waals surface area contributed by atoms with Gasteiger partial charge in [-0.25, -0.2) is 0 Å². The highest BCUT2D eigenvalue weighted by atomic mass is 19.5. The van der Waals surface area contributed by atoms with Gasteiger partial charge in [0, 0.05) is 17.6 Å². The van der Waals surface area contributed by atoms with Gasteiger partial charge in [-0.2, -0.15) is 0 Å². The number of ether oxygens (including phenoxy) is 3. The summed E-state index contributed by atoms with van der Waals surface area (Å²) in [6, 6.07) is 4.25. The van der Waals surface area contributed by atoms with Crippen LogP contribution < -0.4 is 9.47 Å². The lowest BCUT2D eigenvalue weighted by molar-refractivity contribution is -0.418. The summed E-state index contributed by atoms with van der Waals surface area (Å²) in [4.78, 5) is 0. The molecule has 1 aromatic rings. The van der Waals surface area contributed by atoms with E-state index >= 15 is 0 Å². The Balaban J connectivity index is 0.000000623. The summed E-state index contributed by atoms with van der Waals surface area (Å²) >= 11 is 0. The lowest BCUT2D eigenvalue weighted by Gasteiger charge is -2.46. The van der Waals surface area contributed by atoms with Crippen LogP contribution in [0.4, 0.5) is 17.3 Å². The molecule has 4 aliphatic carbocycles. The van der Waals surface area contributed by atoms with Gasteiger partial charge in [-0.3, -0.25) is 4.42 Å². The largest absolute Gasteiger partial charge is 0.673 e. The Bertz CT molecular complexity index is 1030. The Morgan fingerprint density at radius 3 is 1.86 bits per heavy atom. The van der Waals surface area contributed by atoms with Crippen LogP contribution in [0.25, 0.3) is 0 Å². The zero-order valence-electron chi connectivity index (χ0n) is 21.1. The number of ketones is 1. The molecular formula is C26H33BF4O4. The van der Waals surface area contributed by atoms with Gasteiger partial charge in [-0.05, 0) is 86.3 Å². The SMILES string of the molecule is COC1=CC(C)=CC(=[O+]C)/C1=C1\C2CCC(CC2)C1c1c(OC)cc(C)cc1OC.F[B-](F)(F)F. The van der Waals surface area contributed by atoms with Crippen molar-refractivity contribution in [3.8, 4) is 11.5 Å². The van der Waals surface area contributed by atoms with E-state index in [0.717, 1.165) is 39.8 Å². The molecule has 0 heterocycles. The van der Waals surface area contributed by atoms with Gasteiger partial charge in [0.15, 0.2) is 0 Å². The molecule has 0 spiro atoms. The molecular weight excluding hydrogens is 463 g/mol. The van der Waals surface area contributed by atoms with Gasteiger partial charge in [-0.1, -0.05) is 0 Å². The molecule has 0 aliphatic heterocycles. The normalized spacial score (nSPS) is 27.0. The minimum atomic E-state index is -6.00. The number of aryl methyl sites for hydroxylation is 1. The lowest BCUT2D eigenvalue weighted by atomic mass is 9.58. The van der Waals surface area contributed by atoms with Crippen LogP contribution in [0, 0.1) is 18.8 Å². The third-order valence-electron chi connectivity index (χ3n) is 6.96. The van der Waals surface area contributed by atoms with Gasteiger partial charge in [-0.15, -0.1) is 0 Å². The van der Waals surface area contributed by atoms with Crippen LogP contribution in [0.15, 0.2) is 46.8 Å². The predicted molar refractivity (Wildman–Crippen MR) is 129 cm³/mol. The van der Waals surface area contributed by atoms with E-state index in [1.165, 1.54) is 36.8 Å². The highest BCUT2D eigenvalue weighted by Crippen LogP contribution is 2.58. The summed E-state index contributed by atoms with van der Waals surface area (Å²) in [7, 11) is 1.01. The first kappa shape index (κ1) is 26.9. The van der Waals surface area contributed by atoms with Crippen molar-refractivity contribution in [2.75, 3.05) is 28.4 Å². The third kappa shape index (κ3) is 5.93. The van der Waals surface area contributed by atoms with Crippen LogP contribution in [-0.2, 0) is 9.16 Å². The average Bonchev–Trinajstić information content (AvgIpc) is 2.82. The van der Waals surface area contributed by atoms with E-state index in [4.69, 9.17) is 18.6 Å². The molecule has 0 N–H and O–H groups in total. The first-order chi connectivity index (χ1) is 16.5. The Hall–Kier alpha value is -2.71. The number of allylic oxidation sites excluding steroid dienone is 5. The first-order valence-electron chi connectivity index (χ1n) is 11.7. The van der Waals surface area contributed by atoms with Gasteiger partial charge in [0.25, 0.3) is 7.11 Å². The second-order valence-corrected chi connectivity index (χ2v) is 9.17. The fourth-order valence-electron chi connectivity index (χ4n) is 5.73. The van der Waals surface area contributed by atoms with Crippen molar-refractivity contribution >= 4 is 13.0 Å². The maximum atomic E-state index is 9.75. The number of hydrogen-bond donors (Lipinski definition) is 0. The summed E-state index contributed by atoms with van der Waals surface area (Å²) in [5, 5.41) is 0. The predicted octanol–water partition coefficient (Wildman–Crippen LogP) is 6.74. The van der Waals surface area contributed by atoms with Crippen LogP contribution in [-0.4, -0.2) is 41.5 Å². The monoisotopic (exact) mass is 496 g/mol.